The van der Waals surface area contributed by atoms with Crippen molar-refractivity contribution < 1.29 is 33.4 Å². The summed E-state index contributed by atoms with van der Waals surface area (Å²) in [5.74, 6) is -1.02. The molecule has 2 heterocycles. The van der Waals surface area contributed by atoms with Crippen LogP contribution in [0, 0.1) is 0 Å². The van der Waals surface area contributed by atoms with E-state index in [0.29, 0.717) is 21.1 Å². The maximum absolute atomic E-state index is 12.7. The van der Waals surface area contributed by atoms with Crippen molar-refractivity contribution >= 4 is 73.4 Å². The van der Waals surface area contributed by atoms with Crippen LogP contribution in [0.1, 0.15) is 40.6 Å². The van der Waals surface area contributed by atoms with Crippen LogP contribution in [-0.4, -0.2) is 60.7 Å². The lowest BCUT2D eigenvalue weighted by Crippen LogP contribution is -2.23. The molecular formula is C26H29N3O7S3. The molecule has 4 rings (SSSR count). The predicted octanol–water partition coefficient (Wildman–Crippen LogP) is 3.80. The van der Waals surface area contributed by atoms with Gasteiger partial charge in [-0.25, -0.2) is 4.79 Å². The highest BCUT2D eigenvalue weighted by molar-refractivity contribution is 8.00. The van der Waals surface area contributed by atoms with Crippen molar-refractivity contribution in [2.75, 3.05) is 37.6 Å². The fourth-order valence-electron chi connectivity index (χ4n) is 4.22. The third-order valence-electron chi connectivity index (χ3n) is 5.99. The number of methoxy groups -OCH3 is 2. The number of rotatable bonds is 10. The Hall–Kier alpha value is -3.16. The molecule has 13 heteroatoms. The first-order valence-electron chi connectivity index (χ1n) is 12.4. The summed E-state index contributed by atoms with van der Waals surface area (Å²) < 4.78 is 17.7. The van der Waals surface area contributed by atoms with Gasteiger partial charge in [0.1, 0.15) is 17.3 Å². The summed E-state index contributed by atoms with van der Waals surface area (Å²) in [6, 6.07) is 5.37. The second-order valence-corrected chi connectivity index (χ2v) is 11.7. The van der Waals surface area contributed by atoms with E-state index in [9.17, 15) is 19.2 Å². The molecule has 2 aromatic heterocycles. The molecule has 3 aromatic rings. The minimum Gasteiger partial charge on any atom is -0.497 e. The number of thiophene rings is 1. The van der Waals surface area contributed by atoms with E-state index >= 15 is 0 Å². The minimum absolute atomic E-state index is 0.0118. The number of hydrogen-bond acceptors (Lipinski definition) is 10. The zero-order chi connectivity index (χ0) is 27.9. The second-order valence-electron chi connectivity index (χ2n) is 8.56. The van der Waals surface area contributed by atoms with Gasteiger partial charge in [0.25, 0.3) is 5.91 Å². The van der Waals surface area contributed by atoms with Crippen LogP contribution < -0.4 is 14.9 Å². The lowest BCUT2D eigenvalue weighted by Gasteiger charge is -2.12. The number of thioether (sulfide) groups is 1. The summed E-state index contributed by atoms with van der Waals surface area (Å²) in [5.41, 5.74) is 2.15. The van der Waals surface area contributed by atoms with Crippen LogP contribution in [0.3, 0.4) is 0 Å². The molecule has 39 heavy (non-hydrogen) atoms. The Morgan fingerprint density at radius 1 is 1.10 bits per heavy atom. The molecule has 2 amide bonds. The number of ether oxygens (including phenoxy) is 3. The highest BCUT2D eigenvalue weighted by Gasteiger charge is 2.27. The zero-order valence-electron chi connectivity index (χ0n) is 21.9. The number of anilines is 1. The molecule has 0 spiro atoms. The zero-order valence-corrected chi connectivity index (χ0v) is 24.3. The van der Waals surface area contributed by atoms with Gasteiger partial charge in [0.2, 0.25) is 5.91 Å². The molecule has 0 saturated heterocycles. The van der Waals surface area contributed by atoms with E-state index < -0.39 is 17.8 Å². The van der Waals surface area contributed by atoms with Crippen molar-refractivity contribution in [2.24, 2.45) is 4.99 Å². The lowest BCUT2D eigenvalue weighted by atomic mass is 9.95. The molecule has 0 aliphatic heterocycles. The summed E-state index contributed by atoms with van der Waals surface area (Å²) in [6.45, 7) is 1.91. The average molecular weight is 592 g/mol. The summed E-state index contributed by atoms with van der Waals surface area (Å²) in [5, 5.41) is 3.35. The third kappa shape index (κ3) is 6.89. The first kappa shape index (κ1) is 28.8. The standard InChI is InChI=1S/C26H29N3O7S3/c1-4-36-25(33)23-16-7-5-6-8-18(16)38-24(23)27-20(30)13-37-14-21(31)28-26-29(12-22(32)35-3)17-10-9-15(34-2)11-19(17)39-26/h9-11H,4-8,12-14H2,1-3H3,(H,27,30). The minimum atomic E-state index is -0.470. The van der Waals surface area contributed by atoms with Gasteiger partial charge in [0.05, 0.1) is 48.1 Å². The van der Waals surface area contributed by atoms with Gasteiger partial charge in [-0.1, -0.05) is 11.3 Å². The van der Waals surface area contributed by atoms with Crippen molar-refractivity contribution in [3.63, 3.8) is 0 Å². The van der Waals surface area contributed by atoms with E-state index in [0.717, 1.165) is 58.1 Å². The Morgan fingerprint density at radius 3 is 2.64 bits per heavy atom. The smallest absolute Gasteiger partial charge is 0.341 e. The van der Waals surface area contributed by atoms with Gasteiger partial charge in [-0.05, 0) is 56.4 Å². The van der Waals surface area contributed by atoms with Crippen LogP contribution in [0.5, 0.6) is 5.75 Å². The van der Waals surface area contributed by atoms with Gasteiger partial charge < -0.3 is 24.1 Å². The van der Waals surface area contributed by atoms with E-state index in [1.54, 1.807) is 30.7 Å². The summed E-state index contributed by atoms with van der Waals surface area (Å²) >= 11 is 3.80. The quantitative estimate of drug-likeness (QED) is 0.353. The fourth-order valence-corrected chi connectivity index (χ4v) is 7.19. The Labute approximate surface area is 237 Å². The van der Waals surface area contributed by atoms with E-state index in [4.69, 9.17) is 14.2 Å². The van der Waals surface area contributed by atoms with Crippen molar-refractivity contribution in [3.05, 3.63) is 39.0 Å². The summed E-state index contributed by atoms with van der Waals surface area (Å²) in [7, 11) is 2.86. The van der Waals surface area contributed by atoms with E-state index in [1.165, 1.54) is 29.8 Å². The molecule has 0 fully saturated rings. The number of nitrogens with zero attached hydrogens (tertiary/aromatic N) is 2. The lowest BCUT2D eigenvalue weighted by molar-refractivity contribution is -0.141. The van der Waals surface area contributed by atoms with Gasteiger partial charge >= 0.3 is 11.9 Å². The molecule has 0 bridgehead atoms. The molecule has 1 aliphatic rings. The van der Waals surface area contributed by atoms with Crippen LogP contribution in [0.2, 0.25) is 0 Å². The molecule has 0 unspecified atom stereocenters. The topological polar surface area (TPSA) is 125 Å². The number of thiazole rings is 1. The molecule has 208 valence electrons. The van der Waals surface area contributed by atoms with Crippen LogP contribution in [0.15, 0.2) is 23.2 Å². The van der Waals surface area contributed by atoms with Crippen LogP contribution in [0.4, 0.5) is 5.00 Å². The number of benzene rings is 1. The maximum atomic E-state index is 12.7. The van der Waals surface area contributed by atoms with Gasteiger partial charge in [0.15, 0.2) is 4.80 Å². The molecule has 10 nitrogen and oxygen atoms in total. The summed E-state index contributed by atoms with van der Waals surface area (Å²) in [4.78, 5) is 55.6. The van der Waals surface area contributed by atoms with Crippen molar-refractivity contribution in [1.82, 2.24) is 4.57 Å². The number of amides is 2. The van der Waals surface area contributed by atoms with Crippen LogP contribution >= 0.6 is 34.4 Å². The fraction of sp³-hybridized carbons (Fsp3) is 0.423. The number of carbonyl (C=O) groups excluding carboxylic acids is 4. The monoisotopic (exact) mass is 591 g/mol. The van der Waals surface area contributed by atoms with Crippen molar-refractivity contribution in [1.29, 1.82) is 0 Å². The number of aryl methyl sites for hydroxylation is 1. The number of esters is 2. The summed E-state index contributed by atoms with van der Waals surface area (Å²) in [6.07, 6.45) is 3.73. The molecule has 1 N–H and O–H groups in total. The van der Waals surface area contributed by atoms with E-state index in [1.807, 2.05) is 6.07 Å². The maximum Gasteiger partial charge on any atom is 0.341 e. The SMILES string of the molecule is CCOC(=O)c1c(NC(=O)CSCC(=O)N=c2sc3cc(OC)ccc3n2CC(=O)OC)sc2c1CCCC2. The number of hydrogen-bond donors (Lipinski definition) is 1. The van der Waals surface area contributed by atoms with Crippen molar-refractivity contribution in [3.8, 4) is 5.75 Å². The van der Waals surface area contributed by atoms with Gasteiger partial charge in [0, 0.05) is 4.88 Å². The van der Waals surface area contributed by atoms with E-state index in [2.05, 4.69) is 10.3 Å². The largest absolute Gasteiger partial charge is 0.497 e. The highest BCUT2D eigenvalue weighted by Crippen LogP contribution is 2.38. The molecule has 0 atom stereocenters. The molecule has 0 saturated carbocycles. The second kappa shape index (κ2) is 13.3. The molecular weight excluding hydrogens is 563 g/mol. The van der Waals surface area contributed by atoms with Gasteiger partial charge in [-0.15, -0.1) is 23.1 Å². The predicted molar refractivity (Wildman–Crippen MR) is 152 cm³/mol. The van der Waals surface area contributed by atoms with E-state index in [-0.39, 0.29) is 30.6 Å². The normalized spacial score (nSPS) is 13.2. The van der Waals surface area contributed by atoms with Gasteiger partial charge in [-0.3, -0.25) is 14.4 Å². The Balaban J connectivity index is 1.44. The number of fused-ring (bicyclic) bond motifs is 2. The molecule has 0 radical (unpaired) electrons. The molecule has 1 aromatic carbocycles. The first-order valence-corrected chi connectivity index (χ1v) is 15.1. The highest BCUT2D eigenvalue weighted by atomic mass is 32.2. The first-order chi connectivity index (χ1) is 18.8. The van der Waals surface area contributed by atoms with Gasteiger partial charge in [-0.2, -0.15) is 4.99 Å². The number of carbonyl (C=O) groups is 4. The Kier molecular flexibility index (Phi) is 9.81. The average Bonchev–Trinajstić information content (AvgIpc) is 3.45. The van der Waals surface area contributed by atoms with Crippen LogP contribution in [0.25, 0.3) is 10.2 Å². The molecule has 1 aliphatic carbocycles. The Bertz CT molecular complexity index is 1470. The Morgan fingerprint density at radius 2 is 1.90 bits per heavy atom. The number of nitrogens with one attached hydrogen (secondary N) is 1. The van der Waals surface area contributed by atoms with Crippen molar-refractivity contribution in [2.45, 2.75) is 39.2 Å². The number of aromatic nitrogens is 1. The third-order valence-corrected chi connectivity index (χ3v) is 9.15. The van der Waals surface area contributed by atoms with Crippen LogP contribution in [-0.2, 0) is 43.2 Å².